The highest BCUT2D eigenvalue weighted by Gasteiger charge is 2.26. The van der Waals surface area contributed by atoms with E-state index in [1.54, 1.807) is 9.80 Å². The number of amides is 2. The van der Waals surface area contributed by atoms with Crippen molar-refractivity contribution in [3.63, 3.8) is 0 Å². The molecule has 7 nitrogen and oxygen atoms in total. The summed E-state index contributed by atoms with van der Waals surface area (Å²) in [6, 6.07) is 2.93. The number of ether oxygens (including phenoxy) is 2. The topological polar surface area (TPSA) is 62.3 Å². The van der Waals surface area contributed by atoms with Crippen LogP contribution in [-0.2, 0) is 14.3 Å². The predicted molar refractivity (Wildman–Crippen MR) is 92.3 cm³/mol. The van der Waals surface area contributed by atoms with Crippen LogP contribution in [0.5, 0.6) is 5.75 Å². The Balaban J connectivity index is 1.41. The van der Waals surface area contributed by atoms with E-state index in [1.807, 2.05) is 0 Å². The molecule has 1 aromatic rings. The summed E-state index contributed by atoms with van der Waals surface area (Å²) >= 11 is 0. The molecule has 0 spiro atoms. The first-order valence-corrected chi connectivity index (χ1v) is 8.96. The lowest BCUT2D eigenvalue weighted by atomic mass is 10.3. The Kier molecular flexibility index (Phi) is 6.57. The van der Waals surface area contributed by atoms with Crippen LogP contribution in [0.3, 0.4) is 0 Å². The number of benzene rings is 1. The summed E-state index contributed by atoms with van der Waals surface area (Å²) in [6.07, 6.45) is 0. The van der Waals surface area contributed by atoms with Gasteiger partial charge < -0.3 is 19.3 Å². The van der Waals surface area contributed by atoms with Gasteiger partial charge in [-0.1, -0.05) is 0 Å². The van der Waals surface area contributed by atoms with Gasteiger partial charge in [-0.05, 0) is 12.1 Å². The van der Waals surface area contributed by atoms with Crippen molar-refractivity contribution in [3.05, 3.63) is 29.8 Å². The molecule has 3 rings (SSSR count). The molecule has 0 aliphatic carbocycles. The van der Waals surface area contributed by atoms with Crippen LogP contribution < -0.4 is 4.74 Å². The number of hydrogen-bond acceptors (Lipinski definition) is 5. The normalized spacial score (nSPS) is 18.4. The second-order valence-corrected chi connectivity index (χ2v) is 6.51. The molecular formula is C18H23F2N3O4. The minimum Gasteiger partial charge on any atom is -0.481 e. The van der Waals surface area contributed by atoms with Gasteiger partial charge in [0, 0.05) is 45.3 Å². The van der Waals surface area contributed by atoms with Crippen molar-refractivity contribution in [1.29, 1.82) is 0 Å². The van der Waals surface area contributed by atoms with E-state index >= 15 is 0 Å². The number of carbonyl (C=O) groups excluding carboxylic acids is 2. The molecule has 27 heavy (non-hydrogen) atoms. The van der Waals surface area contributed by atoms with Crippen LogP contribution in [0.1, 0.15) is 0 Å². The molecule has 2 saturated heterocycles. The van der Waals surface area contributed by atoms with Crippen LogP contribution in [0, 0.1) is 11.6 Å². The lowest BCUT2D eigenvalue weighted by Crippen LogP contribution is -2.54. The first-order chi connectivity index (χ1) is 13.0. The second kappa shape index (κ2) is 9.09. The molecule has 9 heteroatoms. The van der Waals surface area contributed by atoms with Gasteiger partial charge in [0.2, 0.25) is 5.91 Å². The minimum absolute atomic E-state index is 0.0497. The van der Waals surface area contributed by atoms with Crippen molar-refractivity contribution in [2.45, 2.75) is 0 Å². The molecule has 2 aliphatic rings. The third kappa shape index (κ3) is 5.36. The molecule has 0 bridgehead atoms. The molecular weight excluding hydrogens is 360 g/mol. The third-order valence-electron chi connectivity index (χ3n) is 4.69. The third-order valence-corrected chi connectivity index (χ3v) is 4.69. The van der Waals surface area contributed by atoms with E-state index in [4.69, 9.17) is 9.47 Å². The zero-order valence-electron chi connectivity index (χ0n) is 15.0. The predicted octanol–water partition coefficient (Wildman–Crippen LogP) is 0.347. The van der Waals surface area contributed by atoms with Crippen LogP contribution in [0.4, 0.5) is 8.78 Å². The van der Waals surface area contributed by atoms with Gasteiger partial charge in [0.15, 0.2) is 18.2 Å². The number of rotatable bonds is 5. The van der Waals surface area contributed by atoms with E-state index in [2.05, 4.69) is 4.90 Å². The molecule has 0 unspecified atom stereocenters. The van der Waals surface area contributed by atoms with E-state index in [1.165, 1.54) is 0 Å². The van der Waals surface area contributed by atoms with E-state index < -0.39 is 11.6 Å². The zero-order chi connectivity index (χ0) is 19.2. The Hall–Kier alpha value is -2.26. The van der Waals surface area contributed by atoms with Crippen molar-refractivity contribution < 1.29 is 27.8 Å². The molecule has 2 heterocycles. The van der Waals surface area contributed by atoms with E-state index in [-0.39, 0.29) is 24.2 Å². The minimum atomic E-state index is -0.846. The second-order valence-electron chi connectivity index (χ2n) is 6.51. The molecule has 1 aromatic carbocycles. The quantitative estimate of drug-likeness (QED) is 0.734. The fourth-order valence-electron chi connectivity index (χ4n) is 3.08. The lowest BCUT2D eigenvalue weighted by molar-refractivity contribution is -0.141. The van der Waals surface area contributed by atoms with E-state index in [9.17, 15) is 18.4 Å². The average Bonchev–Trinajstić information content (AvgIpc) is 2.68. The monoisotopic (exact) mass is 383 g/mol. The Morgan fingerprint density at radius 1 is 0.963 bits per heavy atom. The SMILES string of the molecule is O=C(COc1ccc(F)cc1F)N1CCN(C(=O)CN2CCOCC2)CC1. The first-order valence-electron chi connectivity index (χ1n) is 8.96. The molecule has 2 fully saturated rings. The summed E-state index contributed by atoms with van der Waals surface area (Å²) in [5, 5.41) is 0. The average molecular weight is 383 g/mol. The van der Waals surface area contributed by atoms with Gasteiger partial charge in [-0.15, -0.1) is 0 Å². The number of nitrogens with zero attached hydrogens (tertiary/aromatic N) is 3. The van der Waals surface area contributed by atoms with Gasteiger partial charge in [-0.2, -0.15) is 0 Å². The van der Waals surface area contributed by atoms with Crippen LogP contribution in [0.15, 0.2) is 18.2 Å². The lowest BCUT2D eigenvalue weighted by Gasteiger charge is -2.36. The maximum Gasteiger partial charge on any atom is 0.260 e. The summed E-state index contributed by atoms with van der Waals surface area (Å²) in [6.45, 7) is 4.55. The maximum absolute atomic E-state index is 13.5. The first kappa shape index (κ1) is 19.5. The molecule has 0 radical (unpaired) electrons. The van der Waals surface area contributed by atoms with Crippen molar-refractivity contribution >= 4 is 11.8 Å². The maximum atomic E-state index is 13.5. The summed E-state index contributed by atoms with van der Waals surface area (Å²) < 4.78 is 36.8. The van der Waals surface area contributed by atoms with Crippen molar-refractivity contribution in [2.24, 2.45) is 0 Å². The number of halogens is 2. The summed E-state index contributed by atoms with van der Waals surface area (Å²) in [7, 11) is 0. The zero-order valence-corrected chi connectivity index (χ0v) is 15.0. The van der Waals surface area contributed by atoms with Crippen molar-refractivity contribution in [2.75, 3.05) is 65.6 Å². The Labute approximate surface area is 156 Å². The van der Waals surface area contributed by atoms with Gasteiger partial charge in [0.05, 0.1) is 19.8 Å². The van der Waals surface area contributed by atoms with Crippen LogP contribution in [-0.4, -0.2) is 92.1 Å². The fraction of sp³-hybridized carbons (Fsp3) is 0.556. The Morgan fingerprint density at radius 2 is 1.59 bits per heavy atom. The summed E-state index contributed by atoms with van der Waals surface area (Å²) in [5.74, 6) is -1.96. The number of morpholine rings is 1. The van der Waals surface area contributed by atoms with E-state index in [0.717, 1.165) is 25.2 Å². The largest absolute Gasteiger partial charge is 0.481 e. The molecule has 2 amide bonds. The van der Waals surface area contributed by atoms with Gasteiger partial charge in [0.1, 0.15) is 5.82 Å². The Bertz CT molecular complexity index is 675. The fourth-order valence-corrected chi connectivity index (χ4v) is 3.08. The Morgan fingerprint density at radius 3 is 2.22 bits per heavy atom. The van der Waals surface area contributed by atoms with Crippen LogP contribution in [0.2, 0.25) is 0 Å². The van der Waals surface area contributed by atoms with E-state index in [0.29, 0.717) is 52.0 Å². The van der Waals surface area contributed by atoms with Gasteiger partial charge in [-0.3, -0.25) is 14.5 Å². The summed E-state index contributed by atoms with van der Waals surface area (Å²) in [4.78, 5) is 30.0. The molecule has 0 aromatic heterocycles. The molecule has 0 atom stereocenters. The number of hydrogen-bond donors (Lipinski definition) is 0. The van der Waals surface area contributed by atoms with Crippen LogP contribution >= 0.6 is 0 Å². The highest BCUT2D eigenvalue weighted by atomic mass is 19.1. The van der Waals surface area contributed by atoms with Crippen LogP contribution in [0.25, 0.3) is 0 Å². The van der Waals surface area contributed by atoms with Crippen molar-refractivity contribution in [1.82, 2.24) is 14.7 Å². The highest BCUT2D eigenvalue weighted by molar-refractivity contribution is 5.80. The van der Waals surface area contributed by atoms with Crippen molar-refractivity contribution in [3.8, 4) is 5.75 Å². The van der Waals surface area contributed by atoms with Gasteiger partial charge in [-0.25, -0.2) is 8.78 Å². The van der Waals surface area contributed by atoms with Gasteiger partial charge >= 0.3 is 0 Å². The smallest absolute Gasteiger partial charge is 0.260 e. The number of piperazine rings is 1. The standard InChI is InChI=1S/C18H23F2N3O4/c19-14-1-2-16(15(20)11-14)27-13-18(25)23-5-3-22(4-6-23)17(24)12-21-7-9-26-10-8-21/h1-2,11H,3-10,12-13H2. The number of carbonyl (C=O) groups is 2. The summed E-state index contributed by atoms with van der Waals surface area (Å²) in [5.41, 5.74) is 0. The molecule has 148 valence electrons. The molecule has 2 aliphatic heterocycles. The molecule has 0 saturated carbocycles. The highest BCUT2D eigenvalue weighted by Crippen LogP contribution is 2.17. The van der Waals surface area contributed by atoms with Gasteiger partial charge in [0.25, 0.3) is 5.91 Å². The molecule has 0 N–H and O–H groups in total.